The first-order valence-corrected chi connectivity index (χ1v) is 9.43. The third kappa shape index (κ3) is 1.82. The summed E-state index contributed by atoms with van der Waals surface area (Å²) in [5.41, 5.74) is 7.50. The molecule has 0 bridgehead atoms. The molecule has 5 aromatic rings. The Labute approximate surface area is 151 Å². The Balaban J connectivity index is 1.81. The average molecular weight is 337 g/mol. The van der Waals surface area contributed by atoms with Crippen molar-refractivity contribution < 1.29 is 4.42 Å². The van der Waals surface area contributed by atoms with Crippen molar-refractivity contribution in [3.63, 3.8) is 0 Å². The van der Waals surface area contributed by atoms with E-state index in [9.17, 15) is 0 Å². The Morgan fingerprint density at radius 2 is 1.54 bits per heavy atom. The van der Waals surface area contributed by atoms with Crippen molar-refractivity contribution in [1.29, 1.82) is 0 Å². The van der Waals surface area contributed by atoms with Crippen LogP contribution in [-0.2, 0) is 12.8 Å². The number of benzene rings is 3. The van der Waals surface area contributed by atoms with Gasteiger partial charge in [0.25, 0.3) is 0 Å². The predicted molar refractivity (Wildman–Crippen MR) is 107 cm³/mol. The van der Waals surface area contributed by atoms with Crippen LogP contribution >= 0.6 is 0 Å². The predicted octanol–water partition coefficient (Wildman–Crippen LogP) is 6.41. The molecule has 6 rings (SSSR count). The fraction of sp³-hybridized carbons (Fsp3) is 0.167. The van der Waals surface area contributed by atoms with Gasteiger partial charge in [-0.3, -0.25) is 0 Å². The molecule has 2 aromatic heterocycles. The second-order valence-corrected chi connectivity index (χ2v) is 7.24. The molecule has 0 saturated carbocycles. The van der Waals surface area contributed by atoms with Gasteiger partial charge in [0.05, 0.1) is 5.52 Å². The van der Waals surface area contributed by atoms with Gasteiger partial charge in [0, 0.05) is 27.5 Å². The van der Waals surface area contributed by atoms with E-state index in [2.05, 4.69) is 65.2 Å². The lowest BCUT2D eigenvalue weighted by Gasteiger charge is -2.16. The number of aryl methyl sites for hydroxylation is 1. The molecule has 2 heteroatoms. The number of nitrogens with zero attached hydrogens (tertiary/aromatic N) is 1. The zero-order chi connectivity index (χ0) is 17.1. The Hall–Kier alpha value is -3.00. The number of hydrogen-bond donors (Lipinski definition) is 0. The lowest BCUT2D eigenvalue weighted by molar-refractivity contribution is 0.662. The molecule has 1 aliphatic carbocycles. The maximum absolute atomic E-state index is 6.37. The summed E-state index contributed by atoms with van der Waals surface area (Å²) in [6.07, 6.45) is 4.80. The average Bonchev–Trinajstić information content (AvgIpc) is 3.24. The van der Waals surface area contributed by atoms with Gasteiger partial charge in [-0.2, -0.15) is 0 Å². The summed E-state index contributed by atoms with van der Waals surface area (Å²) < 4.78 is 8.82. The van der Waals surface area contributed by atoms with E-state index in [0.717, 1.165) is 24.0 Å². The smallest absolute Gasteiger partial charge is 0.145 e. The molecule has 2 heterocycles. The van der Waals surface area contributed by atoms with E-state index in [4.69, 9.17) is 4.42 Å². The van der Waals surface area contributed by atoms with E-state index < -0.39 is 0 Å². The Morgan fingerprint density at radius 1 is 0.731 bits per heavy atom. The van der Waals surface area contributed by atoms with Gasteiger partial charge in [-0.15, -0.1) is 0 Å². The molecule has 0 saturated heterocycles. The van der Waals surface area contributed by atoms with E-state index in [1.54, 1.807) is 0 Å². The van der Waals surface area contributed by atoms with Crippen molar-refractivity contribution in [1.82, 2.24) is 4.57 Å². The lowest BCUT2D eigenvalue weighted by Crippen LogP contribution is -2.06. The van der Waals surface area contributed by atoms with E-state index in [1.165, 1.54) is 51.5 Å². The van der Waals surface area contributed by atoms with Gasteiger partial charge in [-0.05, 0) is 61.6 Å². The molecule has 0 atom stereocenters. The normalized spacial score (nSPS) is 14.3. The second kappa shape index (κ2) is 5.25. The fourth-order valence-corrected chi connectivity index (χ4v) is 4.68. The quantitative estimate of drug-likeness (QED) is 0.346. The highest BCUT2D eigenvalue weighted by Gasteiger charge is 2.24. The van der Waals surface area contributed by atoms with Crippen LogP contribution in [0.3, 0.4) is 0 Å². The molecule has 26 heavy (non-hydrogen) atoms. The Kier molecular flexibility index (Phi) is 2.87. The maximum Gasteiger partial charge on any atom is 0.145 e. The standard InChI is InChI=1S/C24H19NO/c1-2-8-16(9-3-1)25-20-12-6-4-11-19(20)23-21(25)15-14-18-17-10-5-7-13-22(17)26-24(18)23/h1-3,5,7-10,13-15H,4,6,11-12H2. The lowest BCUT2D eigenvalue weighted by atomic mass is 9.95. The highest BCUT2D eigenvalue weighted by Crippen LogP contribution is 2.41. The van der Waals surface area contributed by atoms with Gasteiger partial charge in [0.15, 0.2) is 0 Å². The van der Waals surface area contributed by atoms with Crippen molar-refractivity contribution in [2.45, 2.75) is 25.7 Å². The maximum atomic E-state index is 6.37. The van der Waals surface area contributed by atoms with Gasteiger partial charge in [-0.1, -0.05) is 36.4 Å². The van der Waals surface area contributed by atoms with Crippen LogP contribution in [0.15, 0.2) is 71.1 Å². The molecule has 0 fully saturated rings. The van der Waals surface area contributed by atoms with E-state index in [1.807, 2.05) is 6.07 Å². The molecule has 0 spiro atoms. The Bertz CT molecular complexity index is 1270. The van der Waals surface area contributed by atoms with Crippen molar-refractivity contribution in [2.24, 2.45) is 0 Å². The monoisotopic (exact) mass is 337 g/mol. The van der Waals surface area contributed by atoms with Crippen LogP contribution in [0.1, 0.15) is 24.1 Å². The van der Waals surface area contributed by atoms with Crippen LogP contribution in [0, 0.1) is 0 Å². The SMILES string of the molecule is c1ccc(-n2c3c(c4c5oc6ccccc6c5ccc42)CCCC3)cc1. The van der Waals surface area contributed by atoms with Crippen molar-refractivity contribution in [3.8, 4) is 5.69 Å². The molecule has 0 unspecified atom stereocenters. The van der Waals surface area contributed by atoms with Gasteiger partial charge in [0.2, 0.25) is 0 Å². The molecule has 1 aliphatic rings. The molecule has 0 amide bonds. The van der Waals surface area contributed by atoms with E-state index in [0.29, 0.717) is 0 Å². The first-order valence-electron chi connectivity index (χ1n) is 9.43. The van der Waals surface area contributed by atoms with Crippen LogP contribution in [-0.4, -0.2) is 4.57 Å². The molecule has 0 aliphatic heterocycles. The van der Waals surface area contributed by atoms with Crippen LogP contribution in [0.5, 0.6) is 0 Å². The van der Waals surface area contributed by atoms with Crippen LogP contribution < -0.4 is 0 Å². The van der Waals surface area contributed by atoms with Crippen LogP contribution in [0.25, 0.3) is 38.5 Å². The molecule has 126 valence electrons. The van der Waals surface area contributed by atoms with Gasteiger partial charge < -0.3 is 8.98 Å². The zero-order valence-electron chi connectivity index (χ0n) is 14.5. The van der Waals surface area contributed by atoms with Gasteiger partial charge in [-0.25, -0.2) is 0 Å². The first kappa shape index (κ1) is 14.2. The van der Waals surface area contributed by atoms with E-state index in [-0.39, 0.29) is 0 Å². The van der Waals surface area contributed by atoms with Crippen molar-refractivity contribution in [3.05, 3.63) is 78.0 Å². The summed E-state index contributed by atoms with van der Waals surface area (Å²) in [5, 5.41) is 3.75. The van der Waals surface area contributed by atoms with Crippen LogP contribution in [0.2, 0.25) is 0 Å². The third-order valence-electron chi connectivity index (χ3n) is 5.79. The fourth-order valence-electron chi connectivity index (χ4n) is 4.68. The minimum atomic E-state index is 0.979. The molecular weight excluding hydrogens is 318 g/mol. The summed E-state index contributed by atoms with van der Waals surface area (Å²) in [6, 6.07) is 23.6. The number of aromatic nitrogens is 1. The topological polar surface area (TPSA) is 18.1 Å². The number of rotatable bonds is 1. The van der Waals surface area contributed by atoms with Crippen LogP contribution in [0.4, 0.5) is 0 Å². The molecule has 2 nitrogen and oxygen atoms in total. The highest BCUT2D eigenvalue weighted by molar-refractivity contribution is 6.16. The van der Waals surface area contributed by atoms with Gasteiger partial charge in [0.1, 0.15) is 11.2 Å². The summed E-state index contributed by atoms with van der Waals surface area (Å²) in [6.45, 7) is 0. The zero-order valence-corrected chi connectivity index (χ0v) is 14.5. The molecule has 0 radical (unpaired) electrons. The number of furan rings is 1. The largest absolute Gasteiger partial charge is 0.455 e. The number of fused-ring (bicyclic) bond motifs is 7. The third-order valence-corrected chi connectivity index (χ3v) is 5.79. The highest BCUT2D eigenvalue weighted by atomic mass is 16.3. The van der Waals surface area contributed by atoms with Crippen molar-refractivity contribution >= 4 is 32.8 Å². The summed E-state index contributed by atoms with van der Waals surface area (Å²) in [4.78, 5) is 0. The second-order valence-electron chi connectivity index (χ2n) is 7.24. The molecular formula is C24H19NO. The first-order chi connectivity index (χ1) is 12.9. The van der Waals surface area contributed by atoms with Crippen molar-refractivity contribution in [2.75, 3.05) is 0 Å². The summed E-state index contributed by atoms with van der Waals surface area (Å²) >= 11 is 0. The number of hydrogen-bond acceptors (Lipinski definition) is 1. The molecule has 0 N–H and O–H groups in total. The number of para-hydroxylation sites is 2. The minimum Gasteiger partial charge on any atom is -0.455 e. The van der Waals surface area contributed by atoms with Gasteiger partial charge >= 0.3 is 0 Å². The summed E-state index contributed by atoms with van der Waals surface area (Å²) in [7, 11) is 0. The Morgan fingerprint density at radius 3 is 2.46 bits per heavy atom. The summed E-state index contributed by atoms with van der Waals surface area (Å²) in [5.74, 6) is 0. The van der Waals surface area contributed by atoms with E-state index >= 15 is 0 Å². The molecule has 3 aromatic carbocycles. The minimum absolute atomic E-state index is 0.979.